The molecule has 0 fully saturated rings. The Labute approximate surface area is 181 Å². The number of nitrogens with one attached hydrogen (secondary N) is 1. The number of hydrogen-bond acceptors (Lipinski definition) is 2. The van der Waals surface area contributed by atoms with Crippen LogP contribution >= 0.6 is 23.2 Å². The zero-order valence-corrected chi connectivity index (χ0v) is 17.4. The van der Waals surface area contributed by atoms with Crippen molar-refractivity contribution in [3.8, 4) is 5.75 Å². The van der Waals surface area contributed by atoms with Gasteiger partial charge in [0.2, 0.25) is 0 Å². The maximum Gasteiger partial charge on any atom is 0.124 e. The van der Waals surface area contributed by atoms with Crippen LogP contribution in [-0.4, -0.2) is 0 Å². The Morgan fingerprint density at radius 2 is 1.55 bits per heavy atom. The molecule has 0 unspecified atom stereocenters. The van der Waals surface area contributed by atoms with Crippen LogP contribution in [0.2, 0.25) is 10.0 Å². The van der Waals surface area contributed by atoms with Crippen LogP contribution in [0, 0.1) is 0 Å². The largest absolute Gasteiger partial charge is 0.488 e. The first-order valence-electron chi connectivity index (χ1n) is 9.53. The molecule has 0 aliphatic carbocycles. The highest BCUT2D eigenvalue weighted by Gasteiger charge is 2.10. The molecule has 0 spiro atoms. The monoisotopic (exact) mass is 421 g/mol. The van der Waals surface area contributed by atoms with E-state index in [0.717, 1.165) is 23.4 Å². The first-order valence-corrected chi connectivity index (χ1v) is 10.3. The topological polar surface area (TPSA) is 21.3 Å². The summed E-state index contributed by atoms with van der Waals surface area (Å²) in [5.74, 6) is 0.857. The molecule has 0 bridgehead atoms. The molecule has 4 rings (SSSR count). The van der Waals surface area contributed by atoms with Gasteiger partial charge in [0, 0.05) is 34.3 Å². The first kappa shape index (κ1) is 19.8. The average Bonchev–Trinajstić information content (AvgIpc) is 2.74. The average molecular weight is 422 g/mol. The van der Waals surface area contributed by atoms with Gasteiger partial charge in [-0.3, -0.25) is 0 Å². The minimum Gasteiger partial charge on any atom is -0.488 e. The van der Waals surface area contributed by atoms with Gasteiger partial charge in [-0.1, -0.05) is 89.9 Å². The number of halogens is 2. The van der Waals surface area contributed by atoms with E-state index in [4.69, 9.17) is 27.9 Å². The minimum absolute atomic E-state index is 0.389. The summed E-state index contributed by atoms with van der Waals surface area (Å²) in [7, 11) is 0. The summed E-state index contributed by atoms with van der Waals surface area (Å²) in [4.78, 5) is 0. The maximum absolute atomic E-state index is 6.31. The van der Waals surface area contributed by atoms with Crippen molar-refractivity contribution in [2.24, 2.45) is 0 Å². The van der Waals surface area contributed by atoms with Crippen molar-refractivity contribution < 1.29 is 4.74 Å². The van der Waals surface area contributed by atoms with Gasteiger partial charge in [-0.15, -0.1) is 0 Å². The molecular weight excluding hydrogens is 401 g/mol. The Bertz CT molecular complexity index is 1110. The number of benzene rings is 4. The predicted octanol–water partition coefficient (Wildman–Crippen LogP) is 7.02. The zero-order valence-electron chi connectivity index (χ0n) is 15.9. The first-order chi connectivity index (χ1) is 14.2. The molecule has 4 aromatic rings. The highest BCUT2D eigenvalue weighted by Crippen LogP contribution is 2.30. The molecule has 4 heteroatoms. The summed E-state index contributed by atoms with van der Waals surface area (Å²) in [6, 6.07) is 28.3. The van der Waals surface area contributed by atoms with E-state index in [1.54, 1.807) is 6.07 Å². The van der Waals surface area contributed by atoms with Crippen LogP contribution in [0.4, 0.5) is 0 Å². The number of fused-ring (bicyclic) bond motifs is 1. The van der Waals surface area contributed by atoms with Gasteiger partial charge in [0.1, 0.15) is 12.4 Å². The molecule has 0 aliphatic rings. The Morgan fingerprint density at radius 3 is 2.38 bits per heavy atom. The number of hydrogen-bond donors (Lipinski definition) is 1. The van der Waals surface area contributed by atoms with Crippen LogP contribution in [0.15, 0.2) is 84.9 Å². The van der Waals surface area contributed by atoms with Crippen LogP contribution in [0.3, 0.4) is 0 Å². The molecule has 0 radical (unpaired) electrons. The molecule has 0 saturated heterocycles. The van der Waals surface area contributed by atoms with E-state index >= 15 is 0 Å². The fourth-order valence-corrected chi connectivity index (χ4v) is 3.82. The van der Waals surface area contributed by atoms with Crippen LogP contribution in [0.25, 0.3) is 10.8 Å². The quantitative estimate of drug-likeness (QED) is 0.346. The molecule has 1 N–H and O–H groups in total. The van der Waals surface area contributed by atoms with Crippen LogP contribution in [-0.2, 0) is 19.7 Å². The van der Waals surface area contributed by atoms with Crippen molar-refractivity contribution in [2.45, 2.75) is 19.7 Å². The third-order valence-corrected chi connectivity index (χ3v) is 5.46. The molecule has 0 heterocycles. The van der Waals surface area contributed by atoms with E-state index in [1.807, 2.05) is 24.3 Å². The van der Waals surface area contributed by atoms with E-state index < -0.39 is 0 Å². The fourth-order valence-electron chi connectivity index (χ4n) is 3.36. The molecule has 4 aromatic carbocycles. The lowest BCUT2D eigenvalue weighted by Crippen LogP contribution is -2.14. The highest BCUT2D eigenvalue weighted by atomic mass is 35.5. The van der Waals surface area contributed by atoms with Gasteiger partial charge in [0.15, 0.2) is 0 Å². The summed E-state index contributed by atoms with van der Waals surface area (Å²) >= 11 is 12.3. The summed E-state index contributed by atoms with van der Waals surface area (Å²) in [5.41, 5.74) is 3.31. The molecule has 0 aromatic heterocycles. The van der Waals surface area contributed by atoms with Crippen LogP contribution in [0.5, 0.6) is 5.75 Å². The fraction of sp³-hybridized carbons (Fsp3) is 0.120. The van der Waals surface area contributed by atoms with Crippen molar-refractivity contribution in [1.29, 1.82) is 0 Å². The summed E-state index contributed by atoms with van der Waals surface area (Å²) in [6.07, 6.45) is 0. The highest BCUT2D eigenvalue weighted by molar-refractivity contribution is 6.35. The maximum atomic E-state index is 6.31. The smallest absolute Gasteiger partial charge is 0.124 e. The SMILES string of the molecule is Clc1ccc(COc2ccc3ccccc3c2CNCc2ccccc2)c(Cl)c1. The van der Waals surface area contributed by atoms with E-state index in [-0.39, 0.29) is 0 Å². The third-order valence-electron chi connectivity index (χ3n) is 4.87. The van der Waals surface area contributed by atoms with Crippen molar-refractivity contribution in [3.05, 3.63) is 112 Å². The second-order valence-corrected chi connectivity index (χ2v) is 7.72. The predicted molar refractivity (Wildman–Crippen MR) is 122 cm³/mol. The molecule has 146 valence electrons. The molecule has 29 heavy (non-hydrogen) atoms. The second-order valence-electron chi connectivity index (χ2n) is 6.88. The van der Waals surface area contributed by atoms with E-state index in [2.05, 4.69) is 59.9 Å². The van der Waals surface area contributed by atoms with Crippen molar-refractivity contribution in [1.82, 2.24) is 5.32 Å². The molecule has 2 nitrogen and oxygen atoms in total. The number of ether oxygens (including phenoxy) is 1. The lowest BCUT2D eigenvalue weighted by Gasteiger charge is -2.16. The van der Waals surface area contributed by atoms with Gasteiger partial charge in [0.25, 0.3) is 0 Å². The summed E-state index contributed by atoms with van der Waals surface area (Å²) in [6.45, 7) is 1.90. The van der Waals surface area contributed by atoms with Crippen LogP contribution < -0.4 is 10.1 Å². The van der Waals surface area contributed by atoms with E-state index in [0.29, 0.717) is 23.2 Å². The molecule has 0 saturated carbocycles. The Hall–Kier alpha value is -2.52. The van der Waals surface area contributed by atoms with Crippen LogP contribution in [0.1, 0.15) is 16.7 Å². The van der Waals surface area contributed by atoms with Crippen molar-refractivity contribution in [3.63, 3.8) is 0 Å². The minimum atomic E-state index is 0.389. The second kappa shape index (κ2) is 9.32. The Balaban J connectivity index is 1.56. The van der Waals surface area contributed by atoms with Gasteiger partial charge in [-0.25, -0.2) is 0 Å². The standard InChI is InChI=1S/C25H21Cl2NO/c26-21-12-10-20(24(27)14-21)17-29-25-13-11-19-8-4-5-9-22(19)23(25)16-28-15-18-6-2-1-3-7-18/h1-14,28H,15-17H2. The normalized spacial score (nSPS) is 11.0. The Kier molecular flexibility index (Phi) is 6.36. The molecule has 0 amide bonds. The molecule has 0 aliphatic heterocycles. The lowest BCUT2D eigenvalue weighted by molar-refractivity contribution is 0.303. The third kappa shape index (κ3) is 4.91. The van der Waals surface area contributed by atoms with Gasteiger partial charge >= 0.3 is 0 Å². The van der Waals surface area contributed by atoms with E-state index in [9.17, 15) is 0 Å². The Morgan fingerprint density at radius 1 is 0.759 bits per heavy atom. The summed E-state index contributed by atoms with van der Waals surface area (Å²) < 4.78 is 6.19. The molecule has 0 atom stereocenters. The van der Waals surface area contributed by atoms with Gasteiger partial charge in [0.05, 0.1) is 0 Å². The number of rotatable bonds is 7. The van der Waals surface area contributed by atoms with Gasteiger partial charge < -0.3 is 10.1 Å². The molecular formula is C25H21Cl2NO. The van der Waals surface area contributed by atoms with Gasteiger partial charge in [-0.2, -0.15) is 0 Å². The zero-order chi connectivity index (χ0) is 20.1. The van der Waals surface area contributed by atoms with E-state index in [1.165, 1.54) is 16.3 Å². The van der Waals surface area contributed by atoms with Crippen molar-refractivity contribution >= 4 is 34.0 Å². The van der Waals surface area contributed by atoms with Gasteiger partial charge in [-0.05, 0) is 34.5 Å². The van der Waals surface area contributed by atoms with Crippen molar-refractivity contribution in [2.75, 3.05) is 0 Å². The summed E-state index contributed by atoms with van der Waals surface area (Å²) in [5, 5.41) is 7.16. The lowest BCUT2D eigenvalue weighted by atomic mass is 10.0.